The Morgan fingerprint density at radius 1 is 1.60 bits per heavy atom. The van der Waals surface area contributed by atoms with Gasteiger partial charge in [-0.2, -0.15) is 0 Å². The zero-order valence-corrected chi connectivity index (χ0v) is 7.78. The molecule has 0 aromatic rings. The molecule has 0 spiro atoms. The van der Waals surface area contributed by atoms with Gasteiger partial charge in [0, 0.05) is 5.03 Å². The lowest BCUT2D eigenvalue weighted by Gasteiger charge is -1.95. The Morgan fingerprint density at radius 3 is 2.60 bits per heavy atom. The van der Waals surface area contributed by atoms with Crippen LogP contribution >= 0.6 is 23.2 Å². The van der Waals surface area contributed by atoms with Crippen LogP contribution in [-0.2, 0) is 0 Å². The molecule has 0 bridgehead atoms. The van der Waals surface area contributed by atoms with Crippen LogP contribution in [0.5, 0.6) is 0 Å². The van der Waals surface area contributed by atoms with Gasteiger partial charge in [-0.1, -0.05) is 30.7 Å². The van der Waals surface area contributed by atoms with E-state index in [1.807, 2.05) is 25.2 Å². The monoisotopic (exact) mass is 178 g/mol. The van der Waals surface area contributed by atoms with Gasteiger partial charge in [-0.25, -0.2) is 0 Å². The molecule has 0 aromatic heterocycles. The third-order valence-electron chi connectivity index (χ3n) is 1.01. The molecule has 0 aliphatic heterocycles. The van der Waals surface area contributed by atoms with Gasteiger partial charge in [0.25, 0.3) is 0 Å². The number of hydrogen-bond donors (Lipinski definition) is 0. The normalized spacial score (nSPS) is 16.2. The Kier molecular flexibility index (Phi) is 5.85. The summed E-state index contributed by atoms with van der Waals surface area (Å²) in [5, 5.41) is 0.606. The maximum absolute atomic E-state index is 5.73. The summed E-state index contributed by atoms with van der Waals surface area (Å²) in [6, 6.07) is 0. The Labute approximate surface area is 72.5 Å². The molecule has 1 unspecified atom stereocenters. The van der Waals surface area contributed by atoms with Crippen molar-refractivity contribution in [1.82, 2.24) is 0 Å². The van der Waals surface area contributed by atoms with Crippen molar-refractivity contribution >= 4 is 23.2 Å². The second-order valence-corrected chi connectivity index (χ2v) is 3.10. The highest BCUT2D eigenvalue weighted by Gasteiger charge is 1.97. The number of alkyl halides is 1. The van der Waals surface area contributed by atoms with E-state index < -0.39 is 0 Å². The van der Waals surface area contributed by atoms with E-state index in [-0.39, 0.29) is 5.38 Å². The minimum absolute atomic E-state index is 0.0804. The minimum Gasteiger partial charge on any atom is -0.117 e. The largest absolute Gasteiger partial charge is 0.117 e. The van der Waals surface area contributed by atoms with E-state index in [1.54, 1.807) is 0 Å². The molecule has 0 saturated heterocycles. The van der Waals surface area contributed by atoms with Gasteiger partial charge in [0.2, 0.25) is 0 Å². The van der Waals surface area contributed by atoms with Crippen LogP contribution in [0.2, 0.25) is 0 Å². The van der Waals surface area contributed by atoms with Gasteiger partial charge in [-0.05, 0) is 19.4 Å². The third-order valence-corrected chi connectivity index (χ3v) is 1.81. The first-order valence-electron chi connectivity index (χ1n) is 3.34. The SMILES string of the molecule is CC/C=C\C=C(\Cl)C(C)Cl. The summed E-state index contributed by atoms with van der Waals surface area (Å²) < 4.78 is 0. The van der Waals surface area contributed by atoms with Gasteiger partial charge >= 0.3 is 0 Å². The zero-order valence-electron chi connectivity index (χ0n) is 6.27. The Morgan fingerprint density at radius 2 is 2.20 bits per heavy atom. The number of allylic oxidation sites excluding steroid dienone is 4. The van der Waals surface area contributed by atoms with Crippen molar-refractivity contribution in [1.29, 1.82) is 0 Å². The first kappa shape index (κ1) is 10.1. The van der Waals surface area contributed by atoms with Gasteiger partial charge < -0.3 is 0 Å². The molecule has 0 aliphatic carbocycles. The van der Waals surface area contributed by atoms with Crippen LogP contribution in [0, 0.1) is 0 Å². The maximum atomic E-state index is 5.73. The Balaban J connectivity index is 3.79. The average Bonchev–Trinajstić information content (AvgIpc) is 1.88. The van der Waals surface area contributed by atoms with E-state index in [0.29, 0.717) is 5.03 Å². The van der Waals surface area contributed by atoms with Crippen LogP contribution in [0.25, 0.3) is 0 Å². The van der Waals surface area contributed by atoms with Crippen LogP contribution < -0.4 is 0 Å². The van der Waals surface area contributed by atoms with E-state index >= 15 is 0 Å². The summed E-state index contributed by atoms with van der Waals surface area (Å²) in [5.41, 5.74) is 0. The van der Waals surface area contributed by atoms with E-state index in [4.69, 9.17) is 23.2 Å². The first-order chi connectivity index (χ1) is 4.68. The van der Waals surface area contributed by atoms with Crippen LogP contribution in [0.15, 0.2) is 23.3 Å². The van der Waals surface area contributed by atoms with Gasteiger partial charge in [-0.3, -0.25) is 0 Å². The van der Waals surface area contributed by atoms with Crippen molar-refractivity contribution in [2.75, 3.05) is 0 Å². The van der Waals surface area contributed by atoms with Gasteiger partial charge in [0.15, 0.2) is 0 Å². The molecule has 0 N–H and O–H groups in total. The fourth-order valence-corrected chi connectivity index (χ4v) is 0.574. The average molecular weight is 179 g/mol. The molecular formula is C8H12Cl2. The molecule has 0 fully saturated rings. The third kappa shape index (κ3) is 4.89. The summed E-state index contributed by atoms with van der Waals surface area (Å²) in [7, 11) is 0. The molecule has 1 atom stereocenters. The van der Waals surface area contributed by atoms with E-state index in [1.165, 1.54) is 0 Å². The summed E-state index contributed by atoms with van der Waals surface area (Å²) in [4.78, 5) is 0. The standard InChI is InChI=1S/C8H12Cl2/c1-3-4-5-6-8(10)7(2)9/h4-7H,3H2,1-2H3/b5-4-,8-6+. The summed E-state index contributed by atoms with van der Waals surface area (Å²) in [6.45, 7) is 3.92. The van der Waals surface area contributed by atoms with Crippen LogP contribution in [0.4, 0.5) is 0 Å². The lowest BCUT2D eigenvalue weighted by Crippen LogP contribution is -1.87. The Hall–Kier alpha value is 0.0600. The van der Waals surface area contributed by atoms with Crippen molar-refractivity contribution < 1.29 is 0 Å². The molecule has 0 nitrogen and oxygen atoms in total. The van der Waals surface area contributed by atoms with Crippen LogP contribution in [0.3, 0.4) is 0 Å². The second kappa shape index (κ2) is 5.82. The quantitative estimate of drug-likeness (QED) is 0.457. The number of hydrogen-bond acceptors (Lipinski definition) is 0. The molecule has 0 aromatic carbocycles. The molecular weight excluding hydrogens is 167 g/mol. The summed E-state index contributed by atoms with van der Waals surface area (Å²) in [5.74, 6) is 0. The summed E-state index contributed by atoms with van der Waals surface area (Å²) in [6.07, 6.45) is 6.79. The molecule has 10 heavy (non-hydrogen) atoms. The highest BCUT2D eigenvalue weighted by molar-refractivity contribution is 6.37. The van der Waals surface area contributed by atoms with Crippen molar-refractivity contribution in [2.24, 2.45) is 0 Å². The number of halogens is 2. The van der Waals surface area contributed by atoms with Crippen LogP contribution in [-0.4, -0.2) is 5.38 Å². The van der Waals surface area contributed by atoms with E-state index in [2.05, 4.69) is 6.92 Å². The lowest BCUT2D eigenvalue weighted by atomic mass is 10.3. The molecule has 58 valence electrons. The van der Waals surface area contributed by atoms with E-state index in [0.717, 1.165) is 6.42 Å². The van der Waals surface area contributed by atoms with E-state index in [9.17, 15) is 0 Å². The minimum atomic E-state index is -0.0804. The molecule has 0 aliphatic rings. The molecule has 0 heterocycles. The lowest BCUT2D eigenvalue weighted by molar-refractivity contribution is 1.19. The van der Waals surface area contributed by atoms with Crippen molar-refractivity contribution in [3.8, 4) is 0 Å². The van der Waals surface area contributed by atoms with Crippen molar-refractivity contribution in [3.63, 3.8) is 0 Å². The highest BCUT2D eigenvalue weighted by Crippen LogP contribution is 2.13. The summed E-state index contributed by atoms with van der Waals surface area (Å²) >= 11 is 11.4. The zero-order chi connectivity index (χ0) is 7.98. The smallest absolute Gasteiger partial charge is 0.0664 e. The van der Waals surface area contributed by atoms with Gasteiger partial charge in [0.05, 0.1) is 5.38 Å². The topological polar surface area (TPSA) is 0 Å². The molecule has 0 rings (SSSR count). The second-order valence-electron chi connectivity index (χ2n) is 2.00. The number of rotatable bonds is 3. The van der Waals surface area contributed by atoms with Crippen LogP contribution in [0.1, 0.15) is 20.3 Å². The molecule has 0 saturated carbocycles. The maximum Gasteiger partial charge on any atom is 0.0664 e. The highest BCUT2D eigenvalue weighted by atomic mass is 35.5. The molecule has 0 amide bonds. The predicted molar refractivity (Wildman–Crippen MR) is 48.7 cm³/mol. The Bertz CT molecular complexity index is 134. The van der Waals surface area contributed by atoms with Gasteiger partial charge in [-0.15, -0.1) is 11.6 Å². The molecule has 0 radical (unpaired) electrons. The molecule has 2 heteroatoms. The predicted octanol–water partition coefficient (Wildman–Crippen LogP) is 3.70. The van der Waals surface area contributed by atoms with Gasteiger partial charge in [0.1, 0.15) is 0 Å². The first-order valence-corrected chi connectivity index (χ1v) is 4.16. The van der Waals surface area contributed by atoms with Crippen molar-refractivity contribution in [2.45, 2.75) is 25.6 Å². The fraction of sp³-hybridized carbons (Fsp3) is 0.500. The van der Waals surface area contributed by atoms with Crippen molar-refractivity contribution in [3.05, 3.63) is 23.3 Å². The fourth-order valence-electron chi connectivity index (χ4n) is 0.429.